The van der Waals surface area contributed by atoms with Gasteiger partial charge in [-0.1, -0.05) is 13.3 Å². The van der Waals surface area contributed by atoms with Crippen LogP contribution in [0.15, 0.2) is 17.2 Å². The Hall–Kier alpha value is -1.85. The Morgan fingerprint density at radius 1 is 1.56 bits per heavy atom. The van der Waals surface area contributed by atoms with Crippen LogP contribution >= 0.6 is 0 Å². The second-order valence-corrected chi connectivity index (χ2v) is 4.41. The predicted molar refractivity (Wildman–Crippen MR) is 68.8 cm³/mol. The first kappa shape index (κ1) is 14.2. The normalized spacial score (nSPS) is 12.4. The number of anilines is 1. The van der Waals surface area contributed by atoms with E-state index in [1.165, 1.54) is 10.8 Å². The zero-order valence-electron chi connectivity index (χ0n) is 10.9. The summed E-state index contributed by atoms with van der Waals surface area (Å²) in [5.74, 6) is -0.884. The summed E-state index contributed by atoms with van der Waals surface area (Å²) in [6.45, 7) is 5.65. The molecule has 0 aliphatic heterocycles. The summed E-state index contributed by atoms with van der Waals surface area (Å²) >= 11 is 0. The molecule has 0 fully saturated rings. The van der Waals surface area contributed by atoms with E-state index in [9.17, 15) is 9.59 Å². The van der Waals surface area contributed by atoms with Crippen LogP contribution in [-0.4, -0.2) is 26.7 Å². The van der Waals surface area contributed by atoms with Gasteiger partial charge in [-0.2, -0.15) is 0 Å². The lowest BCUT2D eigenvalue weighted by atomic mass is 10.2. The highest BCUT2D eigenvalue weighted by Gasteiger charge is 2.18. The highest BCUT2D eigenvalue weighted by Crippen LogP contribution is 2.06. The fourth-order valence-corrected chi connectivity index (χ4v) is 1.64. The molecule has 1 unspecified atom stereocenters. The summed E-state index contributed by atoms with van der Waals surface area (Å²) in [4.78, 5) is 27.0. The molecule has 6 heteroatoms. The van der Waals surface area contributed by atoms with Gasteiger partial charge in [0, 0.05) is 18.4 Å². The molecule has 0 bridgehead atoms. The predicted octanol–water partition coefficient (Wildman–Crippen LogP) is 1.49. The van der Waals surface area contributed by atoms with Crippen molar-refractivity contribution >= 4 is 11.8 Å². The van der Waals surface area contributed by atoms with E-state index in [1.54, 1.807) is 6.20 Å². The second kappa shape index (κ2) is 6.18. The van der Waals surface area contributed by atoms with Gasteiger partial charge in [0.25, 0.3) is 5.56 Å². The van der Waals surface area contributed by atoms with Crippen molar-refractivity contribution in [2.45, 2.75) is 45.7 Å². The maximum absolute atomic E-state index is 12.0. The van der Waals surface area contributed by atoms with Crippen molar-refractivity contribution in [2.75, 3.05) is 5.32 Å². The van der Waals surface area contributed by atoms with Crippen molar-refractivity contribution in [1.82, 2.24) is 9.55 Å². The molecule has 0 aliphatic carbocycles. The Morgan fingerprint density at radius 2 is 2.22 bits per heavy atom. The zero-order chi connectivity index (χ0) is 13.7. The van der Waals surface area contributed by atoms with E-state index >= 15 is 0 Å². The Morgan fingerprint density at radius 3 is 2.72 bits per heavy atom. The third kappa shape index (κ3) is 3.32. The van der Waals surface area contributed by atoms with Crippen LogP contribution in [0, 0.1) is 0 Å². The van der Waals surface area contributed by atoms with Gasteiger partial charge in [0.1, 0.15) is 6.04 Å². The van der Waals surface area contributed by atoms with E-state index in [4.69, 9.17) is 5.11 Å². The van der Waals surface area contributed by atoms with E-state index in [0.29, 0.717) is 6.42 Å². The molecule has 1 aromatic heterocycles. The van der Waals surface area contributed by atoms with Crippen molar-refractivity contribution in [3.8, 4) is 0 Å². The van der Waals surface area contributed by atoms with E-state index in [-0.39, 0.29) is 17.4 Å². The molecule has 1 rings (SSSR count). The van der Waals surface area contributed by atoms with Crippen molar-refractivity contribution in [1.29, 1.82) is 0 Å². The number of nitrogens with one attached hydrogen (secondary N) is 1. The van der Waals surface area contributed by atoms with E-state index < -0.39 is 12.0 Å². The molecule has 6 nitrogen and oxygen atoms in total. The molecule has 2 N–H and O–H groups in total. The van der Waals surface area contributed by atoms with Gasteiger partial charge in [-0.15, -0.1) is 0 Å². The lowest BCUT2D eigenvalue weighted by Crippen LogP contribution is -2.34. The van der Waals surface area contributed by atoms with Gasteiger partial charge in [-0.25, -0.2) is 9.78 Å². The van der Waals surface area contributed by atoms with Gasteiger partial charge in [0.05, 0.1) is 0 Å². The topological polar surface area (TPSA) is 84.2 Å². The molecule has 0 amide bonds. The molecule has 0 radical (unpaired) electrons. The molecule has 0 aliphatic rings. The van der Waals surface area contributed by atoms with E-state index in [0.717, 1.165) is 6.42 Å². The molecular weight excluding hydrogens is 234 g/mol. The Balaban J connectivity index is 3.00. The van der Waals surface area contributed by atoms with Crippen LogP contribution < -0.4 is 10.9 Å². The molecule has 0 saturated carbocycles. The molecular formula is C12H19N3O3. The smallest absolute Gasteiger partial charge is 0.326 e. The van der Waals surface area contributed by atoms with Gasteiger partial charge in [0.15, 0.2) is 5.82 Å². The minimum atomic E-state index is -0.974. The van der Waals surface area contributed by atoms with Crippen LogP contribution in [0.4, 0.5) is 5.82 Å². The third-order valence-electron chi connectivity index (χ3n) is 2.61. The number of hydrogen-bond acceptors (Lipinski definition) is 4. The number of hydrogen-bond donors (Lipinski definition) is 2. The average Bonchev–Trinajstić information content (AvgIpc) is 2.30. The third-order valence-corrected chi connectivity index (χ3v) is 2.61. The number of nitrogens with zero attached hydrogens (tertiary/aromatic N) is 2. The fraction of sp³-hybridized carbons (Fsp3) is 0.583. The quantitative estimate of drug-likeness (QED) is 0.802. The van der Waals surface area contributed by atoms with Crippen molar-refractivity contribution in [3.05, 3.63) is 22.7 Å². The first-order valence-corrected chi connectivity index (χ1v) is 6.03. The summed E-state index contributed by atoms with van der Waals surface area (Å²) < 4.78 is 1.51. The average molecular weight is 253 g/mol. The molecule has 1 aromatic rings. The van der Waals surface area contributed by atoms with Crippen LogP contribution in [0.5, 0.6) is 0 Å². The van der Waals surface area contributed by atoms with E-state index in [1.807, 2.05) is 20.8 Å². The zero-order valence-corrected chi connectivity index (χ0v) is 10.9. The number of aliphatic carboxylic acids is 1. The highest BCUT2D eigenvalue weighted by molar-refractivity contribution is 5.76. The van der Waals surface area contributed by atoms with Crippen molar-refractivity contribution in [3.63, 3.8) is 0 Å². The number of carboxylic acids is 1. The van der Waals surface area contributed by atoms with Crippen molar-refractivity contribution in [2.24, 2.45) is 0 Å². The Bertz CT molecular complexity index is 468. The molecule has 18 heavy (non-hydrogen) atoms. The van der Waals surface area contributed by atoms with Gasteiger partial charge in [-0.3, -0.25) is 4.79 Å². The minimum Gasteiger partial charge on any atom is -0.480 e. The monoisotopic (exact) mass is 253 g/mol. The number of rotatable bonds is 6. The summed E-state index contributed by atoms with van der Waals surface area (Å²) in [6.07, 6.45) is 4.25. The Labute approximate surface area is 106 Å². The molecule has 1 atom stereocenters. The standard InChI is InChI=1S/C12H19N3O3/c1-4-5-9(12(17)18)14-10-11(16)15(8(2)3)7-6-13-10/h6-9H,4-5H2,1-3H3,(H,13,14)(H,17,18). The summed E-state index contributed by atoms with van der Waals surface area (Å²) in [6, 6.07) is -0.770. The first-order chi connectivity index (χ1) is 8.47. The number of carboxylic acid groups (broad SMARTS) is 1. The van der Waals surface area contributed by atoms with Gasteiger partial charge in [-0.05, 0) is 20.3 Å². The molecule has 100 valence electrons. The van der Waals surface area contributed by atoms with Crippen LogP contribution in [0.3, 0.4) is 0 Å². The molecule has 1 heterocycles. The largest absolute Gasteiger partial charge is 0.480 e. The van der Waals surface area contributed by atoms with Crippen LogP contribution in [-0.2, 0) is 4.79 Å². The number of aromatic nitrogens is 2. The van der Waals surface area contributed by atoms with Gasteiger partial charge < -0.3 is 15.0 Å². The maximum Gasteiger partial charge on any atom is 0.326 e. The molecule has 0 spiro atoms. The SMILES string of the molecule is CCCC(Nc1nccn(C(C)C)c1=O)C(=O)O. The fourth-order valence-electron chi connectivity index (χ4n) is 1.64. The van der Waals surface area contributed by atoms with Crippen LogP contribution in [0.1, 0.15) is 39.7 Å². The van der Waals surface area contributed by atoms with Gasteiger partial charge in [0.2, 0.25) is 0 Å². The molecule has 0 saturated heterocycles. The van der Waals surface area contributed by atoms with Crippen LogP contribution in [0.25, 0.3) is 0 Å². The number of carbonyl (C=O) groups is 1. The van der Waals surface area contributed by atoms with E-state index in [2.05, 4.69) is 10.3 Å². The second-order valence-electron chi connectivity index (χ2n) is 4.41. The lowest BCUT2D eigenvalue weighted by molar-refractivity contribution is -0.138. The Kier molecular flexibility index (Phi) is 4.88. The minimum absolute atomic E-state index is 0.00973. The summed E-state index contributed by atoms with van der Waals surface area (Å²) in [7, 11) is 0. The lowest BCUT2D eigenvalue weighted by Gasteiger charge is -2.15. The maximum atomic E-state index is 12.0. The molecule has 0 aromatic carbocycles. The highest BCUT2D eigenvalue weighted by atomic mass is 16.4. The van der Waals surface area contributed by atoms with Crippen LogP contribution in [0.2, 0.25) is 0 Å². The van der Waals surface area contributed by atoms with Crippen molar-refractivity contribution < 1.29 is 9.90 Å². The summed E-state index contributed by atoms with van der Waals surface area (Å²) in [5, 5.41) is 11.7. The first-order valence-electron chi connectivity index (χ1n) is 6.03. The summed E-state index contributed by atoms with van der Waals surface area (Å²) in [5.41, 5.74) is -0.296. The van der Waals surface area contributed by atoms with Gasteiger partial charge >= 0.3 is 5.97 Å².